The summed E-state index contributed by atoms with van der Waals surface area (Å²) in [6.45, 7) is 0.176. The first-order valence-electron chi connectivity index (χ1n) is 8.62. The van der Waals surface area contributed by atoms with E-state index in [1.54, 1.807) is 0 Å². The molecular weight excluding hydrogens is 384 g/mol. The second kappa shape index (κ2) is 16.1. The van der Waals surface area contributed by atoms with Gasteiger partial charge in [0.2, 0.25) is 11.8 Å². The first-order chi connectivity index (χ1) is 13.2. The minimum Gasteiger partial charge on any atom is -0.480 e. The molecule has 0 aromatic carbocycles. The third-order valence-electron chi connectivity index (χ3n) is 3.38. The van der Waals surface area contributed by atoms with Gasteiger partial charge in [0, 0.05) is 19.4 Å². The number of amides is 2. The van der Waals surface area contributed by atoms with E-state index in [-0.39, 0.29) is 51.2 Å². The van der Waals surface area contributed by atoms with Crippen LogP contribution < -0.4 is 10.6 Å². The number of carboxylic acid groups (broad SMARTS) is 1. The van der Waals surface area contributed by atoms with Crippen LogP contribution in [0.4, 0.5) is 0 Å². The highest BCUT2D eigenvalue weighted by molar-refractivity contribution is 5.83. The van der Waals surface area contributed by atoms with E-state index in [9.17, 15) is 14.4 Å². The number of nitrogens with zero attached hydrogens (tertiary/aromatic N) is 2. The van der Waals surface area contributed by atoms with Crippen LogP contribution in [-0.2, 0) is 24.1 Å². The molecule has 0 saturated carbocycles. The second-order valence-electron chi connectivity index (χ2n) is 5.68. The smallest absolute Gasteiger partial charge is 0.326 e. The summed E-state index contributed by atoms with van der Waals surface area (Å²) in [6, 6.07) is -1.06. The van der Waals surface area contributed by atoms with Crippen LogP contribution in [0.3, 0.4) is 0 Å². The molecule has 0 saturated heterocycles. The fourth-order valence-electron chi connectivity index (χ4n) is 2.07. The predicted octanol–water partition coefficient (Wildman–Crippen LogP) is -0.573. The highest BCUT2D eigenvalue weighted by Crippen LogP contribution is 2.03. The molecule has 0 rings (SSSR count). The Labute approximate surface area is 161 Å². The molecule has 0 aromatic rings. The molecule has 0 fully saturated rings. The summed E-state index contributed by atoms with van der Waals surface area (Å²) in [5.41, 5.74) is 0. The number of carbonyl (C=O) groups excluding carboxylic acids is 2. The van der Waals surface area contributed by atoms with Gasteiger partial charge in [0.25, 0.3) is 0 Å². The van der Waals surface area contributed by atoms with Crippen molar-refractivity contribution in [3.63, 3.8) is 0 Å². The number of aliphatic carboxylic acids is 1. The molecule has 14 nitrogen and oxygen atoms in total. The molecule has 0 spiro atoms. The number of nitrogens with one attached hydrogen (secondary N) is 2. The molecular formula is C14H28N4O10. The van der Waals surface area contributed by atoms with Gasteiger partial charge in [-0.05, 0) is 32.1 Å². The van der Waals surface area contributed by atoms with Gasteiger partial charge in [0.05, 0.1) is 24.0 Å². The number of unbranched alkanes of at least 4 members (excludes halogenated alkanes) is 1. The number of rotatable bonds is 17. The lowest BCUT2D eigenvalue weighted by atomic mass is 10.1. The predicted molar refractivity (Wildman–Crippen MR) is 87.6 cm³/mol. The highest BCUT2D eigenvalue weighted by atomic mass is 17.1. The van der Waals surface area contributed by atoms with Crippen molar-refractivity contribution in [1.29, 1.82) is 0 Å². The van der Waals surface area contributed by atoms with Crippen molar-refractivity contribution in [3.8, 4) is 0 Å². The standard InChI is InChI=1S/C14H28N4O10/c19-12(6-3-9-27-17(23)24)15-8-2-1-5-11(14(21)22)16-13(20)7-4-10-28-18(25)26/h11,23-26H,1-10H2,(H,15,19)(H,16,20)(H,21,22). The summed E-state index contributed by atoms with van der Waals surface area (Å²) >= 11 is 0. The van der Waals surface area contributed by atoms with Gasteiger partial charge in [-0.15, -0.1) is 0 Å². The first kappa shape index (κ1) is 26.1. The van der Waals surface area contributed by atoms with Crippen molar-refractivity contribution in [1.82, 2.24) is 21.4 Å². The first-order valence-corrected chi connectivity index (χ1v) is 8.62. The zero-order valence-corrected chi connectivity index (χ0v) is 15.3. The topological polar surface area (TPSA) is 201 Å². The molecule has 7 N–H and O–H groups in total. The fraction of sp³-hybridized carbons (Fsp3) is 0.786. The Morgan fingerprint density at radius 3 is 1.86 bits per heavy atom. The van der Waals surface area contributed by atoms with Crippen molar-refractivity contribution in [3.05, 3.63) is 0 Å². The van der Waals surface area contributed by atoms with E-state index in [4.69, 9.17) is 25.9 Å². The summed E-state index contributed by atoms with van der Waals surface area (Å²) in [5, 5.41) is 46.5. The lowest BCUT2D eigenvalue weighted by Gasteiger charge is -2.14. The van der Waals surface area contributed by atoms with E-state index in [0.29, 0.717) is 19.4 Å². The van der Waals surface area contributed by atoms with Gasteiger partial charge in [0.15, 0.2) is 0 Å². The Hall–Kier alpha value is -1.91. The van der Waals surface area contributed by atoms with E-state index in [1.165, 1.54) is 0 Å². The van der Waals surface area contributed by atoms with Crippen LogP contribution in [0, 0.1) is 0 Å². The molecule has 0 aliphatic heterocycles. The molecule has 2 amide bonds. The number of carboxylic acids is 1. The monoisotopic (exact) mass is 412 g/mol. The Kier molecular flexibility index (Phi) is 15.0. The van der Waals surface area contributed by atoms with E-state index in [2.05, 4.69) is 20.3 Å². The van der Waals surface area contributed by atoms with Gasteiger partial charge < -0.3 is 15.7 Å². The van der Waals surface area contributed by atoms with Crippen molar-refractivity contribution in [2.75, 3.05) is 19.8 Å². The molecule has 164 valence electrons. The Balaban J connectivity index is 3.85. The second-order valence-corrected chi connectivity index (χ2v) is 5.68. The Morgan fingerprint density at radius 2 is 1.36 bits per heavy atom. The minimum atomic E-state index is -1.17. The summed E-state index contributed by atoms with van der Waals surface area (Å²) in [4.78, 5) is 43.0. The summed E-state index contributed by atoms with van der Waals surface area (Å²) < 4.78 is 0. The van der Waals surface area contributed by atoms with E-state index in [0.717, 1.165) is 0 Å². The highest BCUT2D eigenvalue weighted by Gasteiger charge is 2.19. The van der Waals surface area contributed by atoms with E-state index in [1.807, 2.05) is 0 Å². The van der Waals surface area contributed by atoms with Gasteiger partial charge in [0.1, 0.15) is 6.04 Å². The van der Waals surface area contributed by atoms with Crippen LogP contribution >= 0.6 is 0 Å². The van der Waals surface area contributed by atoms with Gasteiger partial charge >= 0.3 is 5.97 Å². The lowest BCUT2D eigenvalue weighted by molar-refractivity contribution is -0.492. The van der Waals surface area contributed by atoms with Gasteiger partial charge in [-0.2, -0.15) is 0 Å². The van der Waals surface area contributed by atoms with Gasteiger partial charge in [-0.25, -0.2) is 4.79 Å². The maximum Gasteiger partial charge on any atom is 0.326 e. The Morgan fingerprint density at radius 1 is 0.821 bits per heavy atom. The van der Waals surface area contributed by atoms with Gasteiger partial charge in [-0.1, -0.05) is 0 Å². The molecule has 1 atom stereocenters. The molecule has 0 aliphatic carbocycles. The third kappa shape index (κ3) is 16.3. The SMILES string of the molecule is O=C(CCCON(O)O)NCCCCC(NC(=O)CCCON(O)O)C(=O)O. The molecule has 0 aromatic heterocycles. The maximum atomic E-state index is 11.7. The maximum absolute atomic E-state index is 11.7. The average Bonchev–Trinajstić information content (AvgIpc) is 2.60. The molecule has 28 heavy (non-hydrogen) atoms. The molecule has 0 heterocycles. The van der Waals surface area contributed by atoms with Crippen LogP contribution in [-0.4, -0.2) is 80.3 Å². The molecule has 14 heteroatoms. The van der Waals surface area contributed by atoms with Crippen LogP contribution in [0.1, 0.15) is 44.9 Å². The zero-order valence-electron chi connectivity index (χ0n) is 15.3. The van der Waals surface area contributed by atoms with Crippen molar-refractivity contribution in [2.45, 2.75) is 51.0 Å². The number of hydrogen-bond acceptors (Lipinski definition) is 11. The van der Waals surface area contributed by atoms with Gasteiger partial charge in [-0.3, -0.25) is 40.1 Å². The van der Waals surface area contributed by atoms with Crippen molar-refractivity contribution < 1.29 is 50.0 Å². The van der Waals surface area contributed by atoms with E-state index >= 15 is 0 Å². The summed E-state index contributed by atoms with van der Waals surface area (Å²) in [5.74, 6) is -1.92. The molecule has 0 aliphatic rings. The number of hydrogen-bond donors (Lipinski definition) is 7. The van der Waals surface area contributed by atoms with Crippen LogP contribution in [0.5, 0.6) is 0 Å². The quantitative estimate of drug-likeness (QED) is 0.119. The largest absolute Gasteiger partial charge is 0.480 e. The minimum absolute atomic E-state index is 0.0369. The molecule has 1 unspecified atom stereocenters. The molecule has 0 radical (unpaired) electrons. The normalized spacial score (nSPS) is 12.2. The Bertz CT molecular complexity index is 463. The summed E-state index contributed by atoms with van der Waals surface area (Å²) in [6.07, 6.45) is 1.71. The average molecular weight is 412 g/mol. The van der Waals surface area contributed by atoms with Crippen molar-refractivity contribution in [2.24, 2.45) is 0 Å². The zero-order chi connectivity index (χ0) is 21.4. The molecule has 0 bridgehead atoms. The summed E-state index contributed by atoms with van der Waals surface area (Å²) in [7, 11) is 0. The van der Waals surface area contributed by atoms with Crippen LogP contribution in [0.15, 0.2) is 0 Å². The fourth-order valence-corrected chi connectivity index (χ4v) is 2.07. The van der Waals surface area contributed by atoms with E-state index < -0.39 is 28.7 Å². The van der Waals surface area contributed by atoms with Crippen LogP contribution in [0.2, 0.25) is 0 Å². The third-order valence-corrected chi connectivity index (χ3v) is 3.38. The van der Waals surface area contributed by atoms with Crippen LogP contribution in [0.25, 0.3) is 0 Å². The lowest BCUT2D eigenvalue weighted by Crippen LogP contribution is -2.40. The number of carbonyl (C=O) groups is 3. The van der Waals surface area contributed by atoms with Crippen molar-refractivity contribution >= 4 is 17.8 Å².